The molecule has 0 aliphatic carbocycles. The van der Waals surface area contributed by atoms with Crippen LogP contribution in [-0.2, 0) is 6.54 Å². The summed E-state index contributed by atoms with van der Waals surface area (Å²) in [5, 5.41) is 6.15. The average molecular weight is 273 g/mol. The number of rotatable bonds is 3. The molecule has 2 nitrogen and oxygen atoms in total. The third-order valence-electron chi connectivity index (χ3n) is 2.16. The Hall–Kier alpha value is -0.770. The van der Waals surface area contributed by atoms with Gasteiger partial charge in [-0.15, -0.1) is 11.3 Å². The van der Waals surface area contributed by atoms with Crippen LogP contribution in [0.5, 0.6) is 0 Å². The van der Waals surface area contributed by atoms with Crippen LogP contribution in [0.4, 0.5) is 5.69 Å². The van der Waals surface area contributed by atoms with Crippen molar-refractivity contribution in [2.45, 2.75) is 13.5 Å². The number of hydrogen-bond acceptors (Lipinski definition) is 3. The molecule has 16 heavy (non-hydrogen) atoms. The molecule has 0 aromatic carbocycles. The van der Waals surface area contributed by atoms with Gasteiger partial charge in [-0.1, -0.05) is 29.3 Å². The van der Waals surface area contributed by atoms with Gasteiger partial charge in [-0.2, -0.15) is 0 Å². The number of nitrogens with zero attached hydrogens (tertiary/aromatic N) is 1. The van der Waals surface area contributed by atoms with Gasteiger partial charge in [0.15, 0.2) is 5.15 Å². The lowest BCUT2D eigenvalue weighted by molar-refractivity contribution is 1.16. The van der Waals surface area contributed by atoms with E-state index in [4.69, 9.17) is 23.2 Å². The Bertz CT molecular complexity index is 460. The minimum Gasteiger partial charge on any atom is -0.377 e. The number of nitrogens with one attached hydrogen (secondary N) is 1. The smallest absolute Gasteiger partial charge is 0.154 e. The van der Waals surface area contributed by atoms with Gasteiger partial charge in [-0.3, -0.25) is 0 Å². The van der Waals surface area contributed by atoms with E-state index in [2.05, 4.69) is 16.4 Å². The van der Waals surface area contributed by atoms with E-state index in [9.17, 15) is 0 Å². The van der Waals surface area contributed by atoms with E-state index >= 15 is 0 Å². The topological polar surface area (TPSA) is 24.9 Å². The predicted molar refractivity (Wildman–Crippen MR) is 70.6 cm³/mol. The Morgan fingerprint density at radius 2 is 2.25 bits per heavy atom. The monoisotopic (exact) mass is 272 g/mol. The molecule has 2 aromatic rings. The second-order valence-electron chi connectivity index (χ2n) is 3.36. The van der Waals surface area contributed by atoms with Crippen molar-refractivity contribution >= 4 is 40.2 Å². The molecule has 0 fully saturated rings. The molecule has 0 radical (unpaired) electrons. The third-order valence-corrected chi connectivity index (χ3v) is 3.50. The molecule has 2 heterocycles. The van der Waals surface area contributed by atoms with Crippen molar-refractivity contribution in [2.24, 2.45) is 0 Å². The third kappa shape index (κ3) is 2.67. The second-order valence-corrected chi connectivity index (χ2v) is 5.14. The van der Waals surface area contributed by atoms with Gasteiger partial charge in [-0.05, 0) is 30.0 Å². The maximum Gasteiger partial charge on any atom is 0.154 e. The van der Waals surface area contributed by atoms with Crippen molar-refractivity contribution in [1.82, 2.24) is 4.98 Å². The quantitative estimate of drug-likeness (QED) is 0.840. The van der Waals surface area contributed by atoms with Gasteiger partial charge in [0.1, 0.15) is 5.15 Å². The van der Waals surface area contributed by atoms with Crippen molar-refractivity contribution in [1.29, 1.82) is 0 Å². The Kier molecular flexibility index (Phi) is 3.69. The highest BCUT2D eigenvalue weighted by Crippen LogP contribution is 2.27. The van der Waals surface area contributed by atoms with Crippen LogP contribution in [0, 0.1) is 6.92 Å². The molecule has 2 rings (SSSR count). The Morgan fingerprint density at radius 1 is 1.44 bits per heavy atom. The summed E-state index contributed by atoms with van der Waals surface area (Å²) in [4.78, 5) is 5.26. The van der Waals surface area contributed by atoms with E-state index in [-0.39, 0.29) is 0 Å². The lowest BCUT2D eigenvalue weighted by Crippen LogP contribution is -2.01. The van der Waals surface area contributed by atoms with E-state index in [0.717, 1.165) is 17.8 Å². The first-order valence-electron chi connectivity index (χ1n) is 4.75. The minimum atomic E-state index is 0.418. The van der Waals surface area contributed by atoms with Crippen LogP contribution in [-0.4, -0.2) is 4.98 Å². The number of aryl methyl sites for hydroxylation is 1. The summed E-state index contributed by atoms with van der Waals surface area (Å²) in [6.45, 7) is 2.71. The average Bonchev–Trinajstić information content (AvgIpc) is 2.68. The summed E-state index contributed by atoms with van der Waals surface area (Å²) in [5.41, 5.74) is 1.85. The van der Waals surface area contributed by atoms with Crippen LogP contribution in [0.2, 0.25) is 10.3 Å². The fraction of sp³-hybridized carbons (Fsp3) is 0.182. The van der Waals surface area contributed by atoms with E-state index in [1.807, 2.05) is 18.4 Å². The van der Waals surface area contributed by atoms with Crippen molar-refractivity contribution < 1.29 is 0 Å². The zero-order valence-corrected chi connectivity index (χ0v) is 11.0. The molecule has 5 heteroatoms. The maximum atomic E-state index is 6.02. The molecule has 0 amide bonds. The molecule has 0 saturated carbocycles. The molecule has 0 saturated heterocycles. The molecule has 0 aliphatic heterocycles. The second kappa shape index (κ2) is 5.04. The normalized spacial score (nSPS) is 10.4. The van der Waals surface area contributed by atoms with Gasteiger partial charge in [0.05, 0.1) is 5.69 Å². The molecule has 0 atom stereocenters. The largest absolute Gasteiger partial charge is 0.377 e. The number of anilines is 1. The first kappa shape index (κ1) is 11.7. The summed E-state index contributed by atoms with van der Waals surface area (Å²) >= 11 is 13.5. The van der Waals surface area contributed by atoms with Crippen LogP contribution in [0.15, 0.2) is 23.6 Å². The molecule has 0 unspecified atom stereocenters. The molecule has 0 aliphatic rings. The van der Waals surface area contributed by atoms with Crippen LogP contribution in [0.3, 0.4) is 0 Å². The number of pyridine rings is 1. The zero-order valence-electron chi connectivity index (χ0n) is 8.63. The first-order valence-corrected chi connectivity index (χ1v) is 6.39. The number of hydrogen-bond donors (Lipinski definition) is 1. The van der Waals surface area contributed by atoms with E-state index < -0.39 is 0 Å². The summed E-state index contributed by atoms with van der Waals surface area (Å²) in [6, 6.07) is 5.89. The Balaban J connectivity index is 2.15. The fourth-order valence-corrected chi connectivity index (χ4v) is 2.64. The van der Waals surface area contributed by atoms with Crippen molar-refractivity contribution in [3.63, 3.8) is 0 Å². The van der Waals surface area contributed by atoms with Crippen molar-refractivity contribution in [3.8, 4) is 0 Å². The summed E-state index contributed by atoms with van der Waals surface area (Å²) in [7, 11) is 0. The SMILES string of the molecule is Cc1cc(Cl)nc(Cl)c1NCc1cccs1. The highest BCUT2D eigenvalue weighted by molar-refractivity contribution is 7.09. The van der Waals surface area contributed by atoms with Gasteiger partial charge in [0.25, 0.3) is 0 Å². The highest BCUT2D eigenvalue weighted by Gasteiger charge is 2.07. The van der Waals surface area contributed by atoms with E-state index in [0.29, 0.717) is 10.3 Å². The van der Waals surface area contributed by atoms with Crippen molar-refractivity contribution in [3.05, 3.63) is 44.3 Å². The predicted octanol–water partition coefficient (Wildman–Crippen LogP) is 4.37. The number of halogens is 2. The Morgan fingerprint density at radius 3 is 2.88 bits per heavy atom. The maximum absolute atomic E-state index is 6.02. The molecule has 0 bridgehead atoms. The highest BCUT2D eigenvalue weighted by atomic mass is 35.5. The zero-order chi connectivity index (χ0) is 11.5. The summed E-state index contributed by atoms with van der Waals surface area (Å²) in [6.07, 6.45) is 0. The van der Waals surface area contributed by atoms with Crippen LogP contribution in [0.1, 0.15) is 10.4 Å². The lowest BCUT2D eigenvalue weighted by Gasteiger charge is -2.10. The molecule has 2 aromatic heterocycles. The lowest BCUT2D eigenvalue weighted by atomic mass is 10.2. The first-order chi connectivity index (χ1) is 7.66. The van der Waals surface area contributed by atoms with Gasteiger partial charge < -0.3 is 5.32 Å². The van der Waals surface area contributed by atoms with Gasteiger partial charge in [0, 0.05) is 11.4 Å². The summed E-state index contributed by atoms with van der Waals surface area (Å²) < 4.78 is 0. The van der Waals surface area contributed by atoms with Gasteiger partial charge >= 0.3 is 0 Å². The van der Waals surface area contributed by atoms with Crippen molar-refractivity contribution in [2.75, 3.05) is 5.32 Å². The standard InChI is InChI=1S/C11H10Cl2N2S/c1-7-5-9(12)15-11(13)10(7)14-6-8-3-2-4-16-8/h2-5,14H,6H2,1H3. The van der Waals surface area contributed by atoms with Crippen LogP contribution in [0.25, 0.3) is 0 Å². The van der Waals surface area contributed by atoms with Crippen LogP contribution < -0.4 is 5.32 Å². The van der Waals surface area contributed by atoms with E-state index in [1.165, 1.54) is 4.88 Å². The Labute approximate surface area is 108 Å². The number of aromatic nitrogens is 1. The molecule has 1 N–H and O–H groups in total. The minimum absolute atomic E-state index is 0.418. The molecular weight excluding hydrogens is 263 g/mol. The van der Waals surface area contributed by atoms with Gasteiger partial charge in [-0.25, -0.2) is 4.98 Å². The van der Waals surface area contributed by atoms with E-state index in [1.54, 1.807) is 17.4 Å². The summed E-state index contributed by atoms with van der Waals surface area (Å²) in [5.74, 6) is 0. The van der Waals surface area contributed by atoms with Crippen LogP contribution >= 0.6 is 34.5 Å². The fourth-order valence-electron chi connectivity index (χ4n) is 1.40. The number of thiophene rings is 1. The molecular formula is C11H10Cl2N2S. The van der Waals surface area contributed by atoms with Gasteiger partial charge in [0.2, 0.25) is 0 Å². The molecule has 84 valence electrons. The molecule has 0 spiro atoms.